The molecule has 156 valence electrons. The summed E-state index contributed by atoms with van der Waals surface area (Å²) in [6, 6.07) is 1.19. The van der Waals surface area contributed by atoms with Crippen molar-refractivity contribution in [3.8, 4) is 0 Å². The molecule has 0 aromatic heterocycles. The van der Waals surface area contributed by atoms with Crippen molar-refractivity contribution < 1.29 is 18.9 Å². The van der Waals surface area contributed by atoms with Crippen LogP contribution >= 0.6 is 0 Å². The largest absolute Gasteiger partial charge is 0.379 e. The van der Waals surface area contributed by atoms with Gasteiger partial charge in [0.25, 0.3) is 0 Å². The molecule has 0 aliphatic carbocycles. The summed E-state index contributed by atoms with van der Waals surface area (Å²) in [5, 5.41) is 3.62. The average Bonchev–Trinajstić information content (AvgIpc) is 2.99. The molecule has 6 heteroatoms. The van der Waals surface area contributed by atoms with Gasteiger partial charge in [-0.15, -0.1) is 0 Å². The summed E-state index contributed by atoms with van der Waals surface area (Å²) >= 11 is 0. The fraction of sp³-hybridized carbons (Fsp3) is 1.00. The predicted molar refractivity (Wildman–Crippen MR) is 106 cm³/mol. The van der Waals surface area contributed by atoms with E-state index >= 15 is 0 Å². The molecule has 0 unspecified atom stereocenters. The minimum Gasteiger partial charge on any atom is -0.379 e. The van der Waals surface area contributed by atoms with Gasteiger partial charge in [-0.2, -0.15) is 0 Å². The lowest BCUT2D eigenvalue weighted by molar-refractivity contribution is -0.0512. The van der Waals surface area contributed by atoms with E-state index in [2.05, 4.69) is 37.9 Å². The number of ether oxygens (including phenoxy) is 4. The maximum absolute atomic E-state index is 6.09. The zero-order valence-electron chi connectivity index (χ0n) is 17.7. The molecule has 1 saturated heterocycles. The average molecular weight is 375 g/mol. The number of nitrogens with zero attached hydrogens (tertiary/aromatic N) is 1. The van der Waals surface area contributed by atoms with Crippen molar-refractivity contribution in [3.63, 3.8) is 0 Å². The van der Waals surface area contributed by atoms with E-state index in [1.54, 1.807) is 0 Å². The van der Waals surface area contributed by atoms with E-state index in [4.69, 9.17) is 18.9 Å². The molecule has 1 fully saturated rings. The number of hydrogen-bond donors (Lipinski definition) is 1. The number of hydrogen-bond acceptors (Lipinski definition) is 6. The van der Waals surface area contributed by atoms with Crippen molar-refractivity contribution in [1.82, 2.24) is 10.2 Å². The van der Waals surface area contributed by atoms with Gasteiger partial charge in [-0.1, -0.05) is 13.8 Å². The van der Waals surface area contributed by atoms with Crippen LogP contribution < -0.4 is 5.32 Å². The monoisotopic (exact) mass is 374 g/mol. The molecule has 26 heavy (non-hydrogen) atoms. The topological polar surface area (TPSA) is 52.2 Å². The van der Waals surface area contributed by atoms with Gasteiger partial charge in [0, 0.05) is 38.4 Å². The Morgan fingerprint density at radius 3 is 2.31 bits per heavy atom. The Hall–Kier alpha value is -0.240. The summed E-state index contributed by atoms with van der Waals surface area (Å²) in [6.07, 6.45) is 2.13. The predicted octanol–water partition coefficient (Wildman–Crippen LogP) is 2.31. The van der Waals surface area contributed by atoms with Crippen LogP contribution in [0.15, 0.2) is 0 Å². The van der Waals surface area contributed by atoms with Crippen molar-refractivity contribution in [2.45, 2.75) is 65.1 Å². The van der Waals surface area contributed by atoms with E-state index in [0.717, 1.165) is 32.7 Å². The highest BCUT2D eigenvalue weighted by Crippen LogP contribution is 2.15. The third kappa shape index (κ3) is 12.2. The second-order valence-electron chi connectivity index (χ2n) is 7.89. The first kappa shape index (κ1) is 23.8. The number of likely N-dealkylation sites (tertiary alicyclic amines) is 1. The van der Waals surface area contributed by atoms with Crippen molar-refractivity contribution in [2.75, 3.05) is 65.9 Å². The highest BCUT2D eigenvalue weighted by Gasteiger charge is 2.23. The molecule has 0 radical (unpaired) electrons. The molecule has 6 nitrogen and oxygen atoms in total. The first-order chi connectivity index (χ1) is 12.4. The SMILES string of the molecule is CCOCCOCCOCCC(C)(C)OCCN1CC[C@H](NC(C)C)C1. The fourth-order valence-electron chi connectivity index (χ4n) is 3.07. The molecular weight excluding hydrogens is 332 g/mol. The van der Waals surface area contributed by atoms with Crippen LogP contribution in [0.3, 0.4) is 0 Å². The zero-order valence-corrected chi connectivity index (χ0v) is 17.7. The zero-order chi connectivity index (χ0) is 19.3. The minimum absolute atomic E-state index is 0.148. The molecular formula is C20H42N2O4. The number of rotatable bonds is 16. The first-order valence-electron chi connectivity index (χ1n) is 10.3. The molecule has 0 amide bonds. The molecule has 1 heterocycles. The van der Waals surface area contributed by atoms with Crippen molar-refractivity contribution in [1.29, 1.82) is 0 Å². The Morgan fingerprint density at radius 2 is 1.65 bits per heavy atom. The lowest BCUT2D eigenvalue weighted by atomic mass is 10.1. The molecule has 1 rings (SSSR count). The summed E-state index contributed by atoms with van der Waals surface area (Å²) in [4.78, 5) is 2.49. The second kappa shape index (κ2) is 13.9. The van der Waals surface area contributed by atoms with E-state index in [1.807, 2.05) is 6.92 Å². The third-order valence-electron chi connectivity index (χ3n) is 4.54. The van der Waals surface area contributed by atoms with Crippen LogP contribution in [-0.2, 0) is 18.9 Å². The van der Waals surface area contributed by atoms with E-state index in [1.165, 1.54) is 13.0 Å². The van der Waals surface area contributed by atoms with E-state index < -0.39 is 0 Å². The maximum atomic E-state index is 6.09. The van der Waals surface area contributed by atoms with E-state index in [9.17, 15) is 0 Å². The van der Waals surface area contributed by atoms with E-state index in [-0.39, 0.29) is 5.60 Å². The van der Waals surface area contributed by atoms with Gasteiger partial charge in [0.05, 0.1) is 38.6 Å². The van der Waals surface area contributed by atoms with Crippen LogP contribution in [0.5, 0.6) is 0 Å². The Bertz CT molecular complexity index is 340. The molecule has 1 N–H and O–H groups in total. The van der Waals surface area contributed by atoms with Gasteiger partial charge in [-0.25, -0.2) is 0 Å². The Kier molecular flexibility index (Phi) is 12.7. The summed E-state index contributed by atoms with van der Waals surface area (Å²) < 4.78 is 22.4. The van der Waals surface area contributed by atoms with E-state index in [0.29, 0.717) is 45.1 Å². The summed E-state index contributed by atoms with van der Waals surface area (Å²) in [5.74, 6) is 0. The summed E-state index contributed by atoms with van der Waals surface area (Å²) in [5.41, 5.74) is -0.148. The molecule has 0 aromatic carbocycles. The van der Waals surface area contributed by atoms with Gasteiger partial charge in [0.2, 0.25) is 0 Å². The van der Waals surface area contributed by atoms with Crippen molar-refractivity contribution in [3.05, 3.63) is 0 Å². The molecule has 1 aliphatic rings. The summed E-state index contributed by atoms with van der Waals surface area (Å²) in [7, 11) is 0. The van der Waals surface area contributed by atoms with Gasteiger partial charge in [-0.05, 0) is 40.2 Å². The highest BCUT2D eigenvalue weighted by molar-refractivity contribution is 4.82. The molecule has 0 spiro atoms. The molecule has 0 saturated carbocycles. The molecule has 1 atom stereocenters. The third-order valence-corrected chi connectivity index (χ3v) is 4.54. The van der Waals surface area contributed by atoms with Crippen LogP contribution in [0.4, 0.5) is 0 Å². The quantitative estimate of drug-likeness (QED) is 0.419. The second-order valence-corrected chi connectivity index (χ2v) is 7.89. The van der Waals surface area contributed by atoms with Gasteiger partial charge in [0.1, 0.15) is 0 Å². The van der Waals surface area contributed by atoms with Gasteiger partial charge >= 0.3 is 0 Å². The van der Waals surface area contributed by atoms with Crippen LogP contribution in [0, 0.1) is 0 Å². The molecule has 0 aromatic rings. The van der Waals surface area contributed by atoms with Crippen molar-refractivity contribution >= 4 is 0 Å². The van der Waals surface area contributed by atoms with Crippen LogP contribution in [0.25, 0.3) is 0 Å². The highest BCUT2D eigenvalue weighted by atomic mass is 16.5. The van der Waals surface area contributed by atoms with Gasteiger partial charge in [-0.3, -0.25) is 4.90 Å². The molecule has 1 aliphatic heterocycles. The summed E-state index contributed by atoms with van der Waals surface area (Å²) in [6.45, 7) is 18.8. The standard InChI is InChI=1S/C20H42N2O4/c1-6-23-13-14-25-16-15-24-11-8-20(4,5)26-12-10-22-9-7-19(17-22)21-18(2)3/h18-19,21H,6-17H2,1-5H3/t19-/m0/s1. The number of nitrogens with one attached hydrogen (secondary N) is 1. The molecule has 0 bridgehead atoms. The fourth-order valence-corrected chi connectivity index (χ4v) is 3.07. The van der Waals surface area contributed by atoms with Crippen LogP contribution in [-0.4, -0.2) is 88.5 Å². The minimum atomic E-state index is -0.148. The van der Waals surface area contributed by atoms with Gasteiger partial charge in [0.15, 0.2) is 0 Å². The smallest absolute Gasteiger partial charge is 0.0701 e. The Balaban J connectivity index is 1.97. The van der Waals surface area contributed by atoms with Gasteiger partial charge < -0.3 is 24.3 Å². The van der Waals surface area contributed by atoms with Crippen LogP contribution in [0.2, 0.25) is 0 Å². The van der Waals surface area contributed by atoms with Crippen LogP contribution in [0.1, 0.15) is 47.5 Å². The Morgan fingerprint density at radius 1 is 1.00 bits per heavy atom. The first-order valence-corrected chi connectivity index (χ1v) is 10.3. The normalized spacial score (nSPS) is 18.9. The maximum Gasteiger partial charge on any atom is 0.0701 e. The van der Waals surface area contributed by atoms with Crippen molar-refractivity contribution in [2.24, 2.45) is 0 Å². The Labute approximate surface area is 160 Å². The lowest BCUT2D eigenvalue weighted by Gasteiger charge is -2.27. The lowest BCUT2D eigenvalue weighted by Crippen LogP contribution is -2.38.